The van der Waals surface area contributed by atoms with Crippen LogP contribution in [0.25, 0.3) is 0 Å². The monoisotopic (exact) mass is 218 g/mol. The second-order valence-electron chi connectivity index (χ2n) is 4.78. The molecule has 0 amide bonds. The molecule has 1 N–H and O–H groups in total. The van der Waals surface area contributed by atoms with Gasteiger partial charge in [-0.25, -0.2) is 0 Å². The highest BCUT2D eigenvalue weighted by molar-refractivity contribution is 5.10. The zero-order valence-corrected chi connectivity index (χ0v) is 9.43. The van der Waals surface area contributed by atoms with E-state index in [4.69, 9.17) is 4.74 Å². The SMILES string of the molecule is c1cc(CCNC2CC3CCC2O3)ccn1. The molecule has 2 bridgehead atoms. The molecule has 0 radical (unpaired) electrons. The van der Waals surface area contributed by atoms with Gasteiger partial charge in [0.25, 0.3) is 0 Å². The number of hydrogen-bond donors (Lipinski definition) is 1. The third-order valence-corrected chi connectivity index (χ3v) is 3.68. The number of hydrogen-bond acceptors (Lipinski definition) is 3. The Labute approximate surface area is 96.2 Å². The molecule has 3 unspecified atom stereocenters. The zero-order valence-electron chi connectivity index (χ0n) is 9.43. The zero-order chi connectivity index (χ0) is 10.8. The van der Waals surface area contributed by atoms with Crippen LogP contribution in [0.3, 0.4) is 0 Å². The molecule has 1 aromatic heterocycles. The summed E-state index contributed by atoms with van der Waals surface area (Å²) in [6, 6.07) is 4.76. The molecule has 0 aliphatic carbocycles. The van der Waals surface area contributed by atoms with Crippen molar-refractivity contribution in [3.8, 4) is 0 Å². The molecule has 0 spiro atoms. The van der Waals surface area contributed by atoms with Crippen molar-refractivity contribution in [3.63, 3.8) is 0 Å². The van der Waals surface area contributed by atoms with Gasteiger partial charge in [0.2, 0.25) is 0 Å². The fourth-order valence-electron chi connectivity index (χ4n) is 2.80. The van der Waals surface area contributed by atoms with Crippen LogP contribution >= 0.6 is 0 Å². The minimum absolute atomic E-state index is 0.488. The van der Waals surface area contributed by atoms with Crippen LogP contribution in [-0.4, -0.2) is 29.8 Å². The second-order valence-corrected chi connectivity index (χ2v) is 4.78. The van der Waals surface area contributed by atoms with E-state index in [9.17, 15) is 0 Å². The quantitative estimate of drug-likeness (QED) is 0.832. The molecule has 2 aliphatic rings. The van der Waals surface area contributed by atoms with E-state index in [0.29, 0.717) is 18.2 Å². The van der Waals surface area contributed by atoms with Crippen molar-refractivity contribution < 1.29 is 4.74 Å². The lowest BCUT2D eigenvalue weighted by atomic mass is 9.95. The van der Waals surface area contributed by atoms with Gasteiger partial charge in [-0.1, -0.05) is 0 Å². The van der Waals surface area contributed by atoms with Gasteiger partial charge in [0.1, 0.15) is 0 Å². The Morgan fingerprint density at radius 2 is 2.19 bits per heavy atom. The summed E-state index contributed by atoms with van der Waals surface area (Å²) in [7, 11) is 0. The topological polar surface area (TPSA) is 34.1 Å². The van der Waals surface area contributed by atoms with E-state index >= 15 is 0 Å². The molecule has 3 rings (SSSR count). The predicted molar refractivity (Wildman–Crippen MR) is 62.2 cm³/mol. The maximum Gasteiger partial charge on any atom is 0.0733 e. The number of pyridine rings is 1. The average molecular weight is 218 g/mol. The Kier molecular flexibility index (Phi) is 2.89. The van der Waals surface area contributed by atoms with Crippen LogP contribution in [0, 0.1) is 0 Å². The van der Waals surface area contributed by atoms with Crippen molar-refractivity contribution >= 4 is 0 Å². The molecule has 16 heavy (non-hydrogen) atoms. The highest BCUT2D eigenvalue weighted by atomic mass is 16.5. The lowest BCUT2D eigenvalue weighted by molar-refractivity contribution is 0.0975. The molecule has 2 fully saturated rings. The third-order valence-electron chi connectivity index (χ3n) is 3.68. The Hall–Kier alpha value is -0.930. The maximum atomic E-state index is 5.82. The van der Waals surface area contributed by atoms with E-state index in [1.807, 2.05) is 12.4 Å². The fraction of sp³-hybridized carbons (Fsp3) is 0.615. The molecule has 0 saturated carbocycles. The van der Waals surface area contributed by atoms with Crippen molar-refractivity contribution in [3.05, 3.63) is 30.1 Å². The van der Waals surface area contributed by atoms with E-state index in [-0.39, 0.29) is 0 Å². The van der Waals surface area contributed by atoms with Crippen LogP contribution in [0.15, 0.2) is 24.5 Å². The van der Waals surface area contributed by atoms with Gasteiger partial charge >= 0.3 is 0 Å². The smallest absolute Gasteiger partial charge is 0.0733 e. The van der Waals surface area contributed by atoms with Crippen LogP contribution in [0.1, 0.15) is 24.8 Å². The third kappa shape index (κ3) is 2.11. The van der Waals surface area contributed by atoms with Crippen molar-refractivity contribution in [2.75, 3.05) is 6.54 Å². The first-order valence-corrected chi connectivity index (χ1v) is 6.19. The van der Waals surface area contributed by atoms with Crippen molar-refractivity contribution in [2.45, 2.75) is 43.9 Å². The van der Waals surface area contributed by atoms with Crippen LogP contribution in [0.4, 0.5) is 0 Å². The van der Waals surface area contributed by atoms with Crippen LogP contribution in [0.5, 0.6) is 0 Å². The summed E-state index contributed by atoms with van der Waals surface area (Å²) < 4.78 is 5.82. The molecule has 86 valence electrons. The largest absolute Gasteiger partial charge is 0.373 e. The van der Waals surface area contributed by atoms with E-state index in [1.165, 1.54) is 24.8 Å². The molecule has 3 heteroatoms. The summed E-state index contributed by atoms with van der Waals surface area (Å²) in [5, 5.41) is 3.62. The Bertz CT molecular complexity index is 341. The van der Waals surface area contributed by atoms with Gasteiger partial charge in [0.05, 0.1) is 12.2 Å². The van der Waals surface area contributed by atoms with Gasteiger partial charge < -0.3 is 10.1 Å². The van der Waals surface area contributed by atoms with E-state index in [1.54, 1.807) is 0 Å². The summed E-state index contributed by atoms with van der Waals surface area (Å²) in [5.41, 5.74) is 1.35. The van der Waals surface area contributed by atoms with Gasteiger partial charge in [-0.15, -0.1) is 0 Å². The number of ether oxygens (including phenoxy) is 1. The van der Waals surface area contributed by atoms with E-state index in [2.05, 4.69) is 22.4 Å². The summed E-state index contributed by atoms with van der Waals surface area (Å²) in [4.78, 5) is 4.02. The molecule has 2 aliphatic heterocycles. The highest BCUT2D eigenvalue weighted by Gasteiger charge is 2.40. The number of nitrogens with zero attached hydrogens (tertiary/aromatic N) is 1. The number of rotatable bonds is 4. The lowest BCUT2D eigenvalue weighted by Gasteiger charge is -2.19. The van der Waals surface area contributed by atoms with Gasteiger partial charge in [0.15, 0.2) is 0 Å². The molecule has 0 aromatic carbocycles. The van der Waals surface area contributed by atoms with Crippen molar-refractivity contribution in [1.82, 2.24) is 10.3 Å². The highest BCUT2D eigenvalue weighted by Crippen LogP contribution is 2.34. The van der Waals surface area contributed by atoms with Gasteiger partial charge in [-0.2, -0.15) is 0 Å². The minimum Gasteiger partial charge on any atom is -0.373 e. The molecule has 2 saturated heterocycles. The van der Waals surface area contributed by atoms with Crippen molar-refractivity contribution in [2.24, 2.45) is 0 Å². The number of fused-ring (bicyclic) bond motifs is 2. The minimum atomic E-state index is 0.488. The lowest BCUT2D eigenvalue weighted by Crippen LogP contribution is -2.38. The van der Waals surface area contributed by atoms with Gasteiger partial charge in [0, 0.05) is 18.4 Å². The molecule has 3 nitrogen and oxygen atoms in total. The molecule has 3 atom stereocenters. The molecule has 3 heterocycles. The van der Waals surface area contributed by atoms with E-state index < -0.39 is 0 Å². The van der Waals surface area contributed by atoms with E-state index in [0.717, 1.165) is 13.0 Å². The number of nitrogens with one attached hydrogen (secondary N) is 1. The normalized spacial score (nSPS) is 32.1. The Morgan fingerprint density at radius 1 is 1.31 bits per heavy atom. The standard InChI is InChI=1S/C13H18N2O/c1-2-13-12(9-11(1)16-13)15-8-5-10-3-6-14-7-4-10/h3-4,6-7,11-13,15H,1-2,5,8-9H2. The van der Waals surface area contributed by atoms with Crippen LogP contribution in [-0.2, 0) is 11.2 Å². The first-order chi connectivity index (χ1) is 7.92. The van der Waals surface area contributed by atoms with Gasteiger partial charge in [-0.05, 0) is 49.9 Å². The van der Waals surface area contributed by atoms with Crippen LogP contribution < -0.4 is 5.32 Å². The molecular weight excluding hydrogens is 200 g/mol. The number of aromatic nitrogens is 1. The predicted octanol–water partition coefficient (Wildman–Crippen LogP) is 1.53. The second kappa shape index (κ2) is 4.52. The van der Waals surface area contributed by atoms with Gasteiger partial charge in [-0.3, -0.25) is 4.98 Å². The summed E-state index contributed by atoms with van der Waals surface area (Å²) in [6.45, 7) is 1.04. The summed E-state index contributed by atoms with van der Waals surface area (Å²) in [5.74, 6) is 0. The molecule has 1 aromatic rings. The average Bonchev–Trinajstić information content (AvgIpc) is 2.92. The Balaban J connectivity index is 1.44. The maximum absolute atomic E-state index is 5.82. The summed E-state index contributed by atoms with van der Waals surface area (Å²) >= 11 is 0. The fourth-order valence-corrected chi connectivity index (χ4v) is 2.80. The first-order valence-electron chi connectivity index (χ1n) is 6.19. The Morgan fingerprint density at radius 3 is 2.88 bits per heavy atom. The molecular formula is C13H18N2O. The first kappa shape index (κ1) is 10.2. The summed E-state index contributed by atoms with van der Waals surface area (Å²) in [6.07, 6.45) is 9.56. The van der Waals surface area contributed by atoms with Crippen LogP contribution in [0.2, 0.25) is 0 Å². The van der Waals surface area contributed by atoms with Crippen molar-refractivity contribution in [1.29, 1.82) is 0 Å².